The van der Waals surface area contributed by atoms with Crippen LogP contribution in [0.4, 0.5) is 0 Å². The quantitative estimate of drug-likeness (QED) is 0.449. The van der Waals surface area contributed by atoms with Crippen molar-refractivity contribution in [2.24, 2.45) is 0 Å². The third-order valence-electron chi connectivity index (χ3n) is 4.00. The number of carbonyl (C=O) groups is 1. The van der Waals surface area contributed by atoms with Crippen LogP contribution >= 0.6 is 22.7 Å². The van der Waals surface area contributed by atoms with E-state index in [-0.39, 0.29) is 0 Å². The molecule has 0 amide bonds. The van der Waals surface area contributed by atoms with Gasteiger partial charge in [-0.1, -0.05) is 42.5 Å². The molecule has 4 aromatic rings. The standard InChI is InChI=1S/C21H14O2S2/c22-21(23)17-9-5-15(6-10-17)14-3-7-16(8-4-14)18-11-12-20(25-18)19-2-1-13-24-19/h1-13H,(H,22,23). The number of thiophene rings is 2. The molecule has 0 radical (unpaired) electrons. The van der Waals surface area contributed by atoms with E-state index in [0.717, 1.165) is 11.1 Å². The zero-order chi connectivity index (χ0) is 17.2. The molecule has 122 valence electrons. The van der Waals surface area contributed by atoms with Gasteiger partial charge in [0.05, 0.1) is 5.56 Å². The SMILES string of the molecule is O=C(O)c1ccc(-c2ccc(-c3ccc(-c4cccs4)s3)cc2)cc1. The zero-order valence-electron chi connectivity index (χ0n) is 13.2. The minimum atomic E-state index is -0.902. The molecule has 0 atom stereocenters. The predicted octanol–water partition coefficient (Wildman–Crippen LogP) is 6.51. The molecule has 2 aromatic carbocycles. The van der Waals surface area contributed by atoms with Crippen LogP contribution in [0, 0.1) is 0 Å². The number of aromatic carboxylic acids is 1. The Balaban J connectivity index is 1.59. The summed E-state index contributed by atoms with van der Waals surface area (Å²) >= 11 is 3.55. The molecule has 25 heavy (non-hydrogen) atoms. The first-order chi connectivity index (χ1) is 12.2. The van der Waals surface area contributed by atoms with Crippen LogP contribution in [0.2, 0.25) is 0 Å². The van der Waals surface area contributed by atoms with Gasteiger partial charge in [0.15, 0.2) is 0 Å². The van der Waals surface area contributed by atoms with E-state index in [4.69, 9.17) is 5.11 Å². The van der Waals surface area contributed by atoms with Gasteiger partial charge in [0.1, 0.15) is 0 Å². The first-order valence-corrected chi connectivity index (χ1v) is 9.48. The average Bonchev–Trinajstić information content (AvgIpc) is 3.33. The molecule has 0 aliphatic heterocycles. The van der Waals surface area contributed by atoms with Crippen molar-refractivity contribution >= 4 is 28.6 Å². The van der Waals surface area contributed by atoms with E-state index < -0.39 is 5.97 Å². The fourth-order valence-electron chi connectivity index (χ4n) is 2.68. The lowest BCUT2D eigenvalue weighted by Gasteiger charge is -2.04. The Morgan fingerprint density at radius 2 is 1.28 bits per heavy atom. The first kappa shape index (κ1) is 15.8. The summed E-state index contributed by atoms with van der Waals surface area (Å²) in [7, 11) is 0. The smallest absolute Gasteiger partial charge is 0.335 e. The van der Waals surface area contributed by atoms with Gasteiger partial charge >= 0.3 is 5.97 Å². The second kappa shape index (κ2) is 6.67. The molecule has 0 spiro atoms. The van der Waals surface area contributed by atoms with Gasteiger partial charge < -0.3 is 5.11 Å². The van der Waals surface area contributed by atoms with Crippen molar-refractivity contribution in [1.82, 2.24) is 0 Å². The molecular weight excluding hydrogens is 348 g/mol. The molecule has 0 aliphatic carbocycles. The molecule has 1 N–H and O–H groups in total. The van der Waals surface area contributed by atoms with Crippen molar-refractivity contribution in [1.29, 1.82) is 0 Å². The second-order valence-corrected chi connectivity index (χ2v) is 7.63. The molecule has 0 aliphatic rings. The number of carboxylic acids is 1. The average molecular weight is 362 g/mol. The third-order valence-corrected chi connectivity index (χ3v) is 6.20. The Hall–Kier alpha value is -2.69. The van der Waals surface area contributed by atoms with E-state index in [1.165, 1.54) is 20.2 Å². The molecule has 2 nitrogen and oxygen atoms in total. The number of rotatable bonds is 4. The number of hydrogen-bond acceptors (Lipinski definition) is 3. The molecule has 4 rings (SSSR count). The summed E-state index contributed by atoms with van der Waals surface area (Å²) < 4.78 is 0. The molecule has 2 aromatic heterocycles. The van der Waals surface area contributed by atoms with Gasteiger partial charge in [-0.2, -0.15) is 0 Å². The molecule has 0 bridgehead atoms. The Kier molecular flexibility index (Phi) is 4.22. The van der Waals surface area contributed by atoms with Gasteiger partial charge in [0, 0.05) is 14.6 Å². The first-order valence-electron chi connectivity index (χ1n) is 7.78. The maximum atomic E-state index is 10.9. The molecular formula is C21H14O2S2. The topological polar surface area (TPSA) is 37.3 Å². The Bertz CT molecular complexity index is 995. The van der Waals surface area contributed by atoms with Gasteiger partial charge in [-0.15, -0.1) is 22.7 Å². The summed E-state index contributed by atoms with van der Waals surface area (Å²) in [6.07, 6.45) is 0. The van der Waals surface area contributed by atoms with Crippen molar-refractivity contribution < 1.29 is 9.90 Å². The van der Waals surface area contributed by atoms with Crippen molar-refractivity contribution in [3.63, 3.8) is 0 Å². The number of benzene rings is 2. The van der Waals surface area contributed by atoms with Crippen LogP contribution in [0.1, 0.15) is 10.4 Å². The monoisotopic (exact) mass is 362 g/mol. The van der Waals surface area contributed by atoms with E-state index in [1.807, 2.05) is 12.1 Å². The van der Waals surface area contributed by atoms with Crippen LogP contribution in [-0.2, 0) is 0 Å². The van der Waals surface area contributed by atoms with E-state index >= 15 is 0 Å². The fraction of sp³-hybridized carbons (Fsp3) is 0. The highest BCUT2D eigenvalue weighted by Crippen LogP contribution is 2.37. The number of carboxylic acid groups (broad SMARTS) is 1. The maximum absolute atomic E-state index is 10.9. The molecule has 0 unspecified atom stereocenters. The van der Waals surface area contributed by atoms with E-state index in [2.05, 4.69) is 53.9 Å². The van der Waals surface area contributed by atoms with Crippen molar-refractivity contribution in [3.05, 3.63) is 83.7 Å². The van der Waals surface area contributed by atoms with Crippen molar-refractivity contribution in [2.75, 3.05) is 0 Å². The third kappa shape index (κ3) is 3.27. The summed E-state index contributed by atoms with van der Waals surface area (Å²) in [6.45, 7) is 0. The van der Waals surface area contributed by atoms with Crippen LogP contribution in [0.25, 0.3) is 31.3 Å². The molecule has 0 saturated carbocycles. The summed E-state index contributed by atoms with van der Waals surface area (Å²) in [6, 6.07) is 23.9. The number of hydrogen-bond donors (Lipinski definition) is 1. The van der Waals surface area contributed by atoms with Crippen molar-refractivity contribution in [2.45, 2.75) is 0 Å². The Morgan fingerprint density at radius 3 is 1.88 bits per heavy atom. The van der Waals surface area contributed by atoms with Crippen LogP contribution in [0.15, 0.2) is 78.2 Å². The maximum Gasteiger partial charge on any atom is 0.335 e. The Morgan fingerprint density at radius 1 is 0.680 bits per heavy atom. The Labute approximate surface area is 153 Å². The lowest BCUT2D eigenvalue weighted by Crippen LogP contribution is -1.94. The highest BCUT2D eigenvalue weighted by molar-refractivity contribution is 7.23. The van der Waals surface area contributed by atoms with Crippen LogP contribution in [0.3, 0.4) is 0 Å². The van der Waals surface area contributed by atoms with Crippen LogP contribution in [-0.4, -0.2) is 11.1 Å². The summed E-state index contributed by atoms with van der Waals surface area (Å²) in [4.78, 5) is 14.8. The van der Waals surface area contributed by atoms with Crippen molar-refractivity contribution in [3.8, 4) is 31.3 Å². The summed E-state index contributed by atoms with van der Waals surface area (Å²) in [5.41, 5.74) is 3.59. The largest absolute Gasteiger partial charge is 0.478 e. The van der Waals surface area contributed by atoms with Gasteiger partial charge in [-0.05, 0) is 52.4 Å². The van der Waals surface area contributed by atoms with Gasteiger partial charge in [-0.3, -0.25) is 0 Å². The molecule has 0 saturated heterocycles. The van der Waals surface area contributed by atoms with Gasteiger partial charge in [0.2, 0.25) is 0 Å². The summed E-state index contributed by atoms with van der Waals surface area (Å²) in [5, 5.41) is 11.1. The predicted molar refractivity (Wildman–Crippen MR) is 105 cm³/mol. The highest BCUT2D eigenvalue weighted by atomic mass is 32.1. The zero-order valence-corrected chi connectivity index (χ0v) is 14.8. The fourth-order valence-corrected chi connectivity index (χ4v) is 4.52. The minimum Gasteiger partial charge on any atom is -0.478 e. The second-order valence-electron chi connectivity index (χ2n) is 5.60. The minimum absolute atomic E-state index is 0.306. The van der Waals surface area contributed by atoms with Gasteiger partial charge in [0.25, 0.3) is 0 Å². The normalized spacial score (nSPS) is 10.7. The van der Waals surface area contributed by atoms with E-state index in [0.29, 0.717) is 5.56 Å². The lowest BCUT2D eigenvalue weighted by molar-refractivity contribution is 0.0697. The molecule has 2 heterocycles. The molecule has 4 heteroatoms. The lowest BCUT2D eigenvalue weighted by atomic mass is 10.0. The van der Waals surface area contributed by atoms with Gasteiger partial charge in [-0.25, -0.2) is 4.79 Å². The van der Waals surface area contributed by atoms with E-state index in [1.54, 1.807) is 34.8 Å². The van der Waals surface area contributed by atoms with Crippen LogP contribution in [0.5, 0.6) is 0 Å². The van der Waals surface area contributed by atoms with Crippen LogP contribution < -0.4 is 0 Å². The highest BCUT2D eigenvalue weighted by Gasteiger charge is 2.07. The molecule has 0 fully saturated rings. The van der Waals surface area contributed by atoms with E-state index in [9.17, 15) is 4.79 Å². The summed E-state index contributed by atoms with van der Waals surface area (Å²) in [5.74, 6) is -0.902.